The van der Waals surface area contributed by atoms with Crippen molar-refractivity contribution < 1.29 is 13.2 Å². The van der Waals surface area contributed by atoms with E-state index >= 15 is 0 Å². The van der Waals surface area contributed by atoms with E-state index in [4.69, 9.17) is 11.6 Å². The molecule has 0 radical (unpaired) electrons. The molecule has 0 aliphatic heterocycles. The Morgan fingerprint density at radius 2 is 1.90 bits per heavy atom. The average molecular weight is 476 g/mol. The van der Waals surface area contributed by atoms with Crippen molar-refractivity contribution in [2.75, 3.05) is 4.72 Å². The van der Waals surface area contributed by atoms with Crippen LogP contribution < -0.4 is 10.0 Å². The fourth-order valence-corrected chi connectivity index (χ4v) is 5.02. The van der Waals surface area contributed by atoms with Crippen LogP contribution in [0.5, 0.6) is 0 Å². The number of sulfonamides is 1. The molecular formula is C22H22ClN3O3S2. The number of nitrogens with zero attached hydrogens (tertiary/aromatic N) is 1. The highest BCUT2D eigenvalue weighted by Crippen LogP contribution is 2.24. The van der Waals surface area contributed by atoms with Gasteiger partial charge in [-0.15, -0.1) is 11.3 Å². The molecular weight excluding hydrogens is 454 g/mol. The van der Waals surface area contributed by atoms with Gasteiger partial charge in [0.05, 0.1) is 21.6 Å². The molecule has 0 aliphatic rings. The van der Waals surface area contributed by atoms with Crippen LogP contribution in [0, 0.1) is 6.92 Å². The number of hydrogen-bond donors (Lipinski definition) is 2. The summed E-state index contributed by atoms with van der Waals surface area (Å²) in [6, 6.07) is 12.7. The number of aryl methyl sites for hydroxylation is 1. The summed E-state index contributed by atoms with van der Waals surface area (Å²) in [5.41, 5.74) is 1.94. The molecule has 0 saturated heterocycles. The summed E-state index contributed by atoms with van der Waals surface area (Å²) in [6.07, 6.45) is 3.79. The van der Waals surface area contributed by atoms with Gasteiger partial charge >= 0.3 is 0 Å². The van der Waals surface area contributed by atoms with Gasteiger partial charge in [-0.2, -0.15) is 0 Å². The summed E-state index contributed by atoms with van der Waals surface area (Å²) in [5, 5.41) is 6.09. The van der Waals surface area contributed by atoms with Crippen molar-refractivity contribution in [1.29, 1.82) is 0 Å². The number of anilines is 1. The normalized spacial score (nSPS) is 12.6. The van der Waals surface area contributed by atoms with Crippen LogP contribution in [0.4, 0.5) is 5.69 Å². The third-order valence-corrected chi connectivity index (χ3v) is 7.18. The number of benzene rings is 2. The van der Waals surface area contributed by atoms with Gasteiger partial charge in [-0.05, 0) is 49.2 Å². The first-order valence-electron chi connectivity index (χ1n) is 9.56. The number of halogens is 1. The minimum absolute atomic E-state index is 0.0965. The second-order valence-corrected chi connectivity index (χ2v) is 9.76. The SMILES string of the molecule is CCC(NC(=O)C=Cc1ccc(S(=O)(=O)Nc2ccccc2Cl)cc1)c1nc(C)cs1. The lowest BCUT2D eigenvalue weighted by Crippen LogP contribution is -2.26. The summed E-state index contributed by atoms with van der Waals surface area (Å²) in [5.74, 6) is -0.239. The Hall–Kier alpha value is -2.68. The van der Waals surface area contributed by atoms with Crippen molar-refractivity contribution >= 4 is 50.6 Å². The molecule has 1 amide bonds. The summed E-state index contributed by atoms with van der Waals surface area (Å²) < 4.78 is 27.6. The zero-order valence-corrected chi connectivity index (χ0v) is 19.4. The van der Waals surface area contributed by atoms with Crippen molar-refractivity contribution in [1.82, 2.24) is 10.3 Å². The number of carbonyl (C=O) groups is 1. The average Bonchev–Trinajstić information content (AvgIpc) is 3.18. The molecule has 1 unspecified atom stereocenters. The van der Waals surface area contributed by atoms with Crippen LogP contribution in [0.15, 0.2) is 64.9 Å². The topological polar surface area (TPSA) is 88.2 Å². The van der Waals surface area contributed by atoms with Gasteiger partial charge in [0.1, 0.15) is 5.01 Å². The Balaban J connectivity index is 1.65. The molecule has 0 aliphatic carbocycles. The number of amides is 1. The van der Waals surface area contributed by atoms with Crippen LogP contribution in [0.25, 0.3) is 6.08 Å². The van der Waals surface area contributed by atoms with E-state index < -0.39 is 10.0 Å². The monoisotopic (exact) mass is 475 g/mol. The second kappa shape index (κ2) is 10.1. The van der Waals surface area contributed by atoms with Crippen LogP contribution >= 0.6 is 22.9 Å². The maximum atomic E-state index is 12.6. The summed E-state index contributed by atoms with van der Waals surface area (Å²) in [7, 11) is -3.78. The fraction of sp³-hybridized carbons (Fsp3) is 0.182. The fourth-order valence-electron chi connectivity index (χ4n) is 2.77. The highest BCUT2D eigenvalue weighted by atomic mass is 35.5. The molecule has 31 heavy (non-hydrogen) atoms. The molecule has 6 nitrogen and oxygen atoms in total. The standard InChI is InChI=1S/C22H22ClN3O3S2/c1-3-19(22-24-15(2)14-30-22)25-21(27)13-10-16-8-11-17(12-9-16)31(28,29)26-20-7-5-4-6-18(20)23/h4-14,19,26H,3H2,1-2H3,(H,25,27). The first-order valence-corrected chi connectivity index (χ1v) is 12.3. The molecule has 162 valence electrons. The number of carbonyl (C=O) groups excluding carboxylic acids is 1. The maximum absolute atomic E-state index is 12.6. The van der Waals surface area contributed by atoms with Gasteiger partial charge in [0.25, 0.3) is 10.0 Å². The van der Waals surface area contributed by atoms with Gasteiger partial charge in [0, 0.05) is 17.2 Å². The zero-order chi connectivity index (χ0) is 22.4. The zero-order valence-electron chi connectivity index (χ0n) is 17.0. The van der Waals surface area contributed by atoms with Crippen LogP contribution in [-0.4, -0.2) is 19.3 Å². The van der Waals surface area contributed by atoms with E-state index in [1.807, 2.05) is 19.2 Å². The lowest BCUT2D eigenvalue weighted by atomic mass is 10.2. The molecule has 0 bridgehead atoms. The molecule has 0 spiro atoms. The van der Waals surface area contributed by atoms with Crippen LogP contribution in [0.3, 0.4) is 0 Å². The Kier molecular flexibility index (Phi) is 7.48. The predicted molar refractivity (Wildman–Crippen MR) is 126 cm³/mol. The number of thiazole rings is 1. The van der Waals surface area contributed by atoms with Gasteiger partial charge in [-0.1, -0.05) is 42.8 Å². The highest BCUT2D eigenvalue weighted by Gasteiger charge is 2.16. The van der Waals surface area contributed by atoms with Crippen molar-refractivity contribution in [3.63, 3.8) is 0 Å². The lowest BCUT2D eigenvalue weighted by Gasteiger charge is -2.12. The molecule has 2 N–H and O–H groups in total. The van der Waals surface area contributed by atoms with Gasteiger partial charge in [0.2, 0.25) is 5.91 Å². The summed E-state index contributed by atoms with van der Waals surface area (Å²) in [4.78, 5) is 16.8. The van der Waals surface area contributed by atoms with E-state index in [0.717, 1.165) is 17.1 Å². The quantitative estimate of drug-likeness (QED) is 0.439. The second-order valence-electron chi connectivity index (χ2n) is 6.78. The third kappa shape index (κ3) is 6.16. The molecule has 9 heteroatoms. The van der Waals surface area contributed by atoms with E-state index in [2.05, 4.69) is 15.0 Å². The summed E-state index contributed by atoms with van der Waals surface area (Å²) in [6.45, 7) is 3.91. The number of aromatic nitrogens is 1. The van der Waals surface area contributed by atoms with E-state index in [0.29, 0.717) is 16.3 Å². The Morgan fingerprint density at radius 3 is 2.52 bits per heavy atom. The number of para-hydroxylation sites is 1. The minimum Gasteiger partial charge on any atom is -0.343 e. The van der Waals surface area contributed by atoms with Crippen LogP contribution in [-0.2, 0) is 14.8 Å². The molecule has 0 fully saturated rings. The van der Waals surface area contributed by atoms with Gasteiger partial charge in [-0.3, -0.25) is 9.52 Å². The highest BCUT2D eigenvalue weighted by molar-refractivity contribution is 7.92. The van der Waals surface area contributed by atoms with E-state index in [1.165, 1.54) is 29.5 Å². The van der Waals surface area contributed by atoms with Crippen molar-refractivity contribution in [3.05, 3.63) is 81.3 Å². The molecule has 2 aromatic carbocycles. The number of hydrogen-bond acceptors (Lipinski definition) is 5. The largest absolute Gasteiger partial charge is 0.343 e. The Bertz CT molecular complexity index is 1190. The van der Waals surface area contributed by atoms with Gasteiger partial charge in [0.15, 0.2) is 0 Å². The van der Waals surface area contributed by atoms with Crippen LogP contribution in [0.1, 0.15) is 35.7 Å². The molecule has 1 atom stereocenters. The number of nitrogens with one attached hydrogen (secondary N) is 2. The van der Waals surface area contributed by atoms with E-state index in [1.54, 1.807) is 42.5 Å². The Morgan fingerprint density at radius 1 is 1.19 bits per heavy atom. The third-order valence-electron chi connectivity index (χ3n) is 4.40. The molecule has 1 heterocycles. The van der Waals surface area contributed by atoms with Crippen molar-refractivity contribution in [2.45, 2.75) is 31.2 Å². The Labute approximate surface area is 191 Å². The first-order chi connectivity index (χ1) is 14.8. The molecule has 1 aromatic heterocycles. The summed E-state index contributed by atoms with van der Waals surface area (Å²) >= 11 is 7.55. The first kappa shape index (κ1) is 23.0. The van der Waals surface area contributed by atoms with Crippen molar-refractivity contribution in [3.8, 4) is 0 Å². The van der Waals surface area contributed by atoms with Gasteiger partial charge in [-0.25, -0.2) is 13.4 Å². The van der Waals surface area contributed by atoms with E-state index in [9.17, 15) is 13.2 Å². The smallest absolute Gasteiger partial charge is 0.261 e. The predicted octanol–water partition coefficient (Wildman–Crippen LogP) is 5.19. The maximum Gasteiger partial charge on any atom is 0.261 e. The van der Waals surface area contributed by atoms with Crippen molar-refractivity contribution in [2.24, 2.45) is 0 Å². The molecule has 3 rings (SSSR count). The molecule has 3 aromatic rings. The minimum atomic E-state index is -3.78. The van der Waals surface area contributed by atoms with Crippen LogP contribution in [0.2, 0.25) is 5.02 Å². The lowest BCUT2D eigenvalue weighted by molar-refractivity contribution is -0.117. The number of rotatable bonds is 8. The van der Waals surface area contributed by atoms with E-state index in [-0.39, 0.29) is 16.8 Å². The molecule has 0 saturated carbocycles. The van der Waals surface area contributed by atoms with Gasteiger partial charge < -0.3 is 5.32 Å².